The monoisotopic (exact) mass is 1260 g/mol. The highest BCUT2D eigenvalue weighted by Gasteiger charge is 2.53. The van der Waals surface area contributed by atoms with E-state index in [2.05, 4.69) is 10.6 Å². The number of phenolic OH excluding ortho intramolecular Hbond substituents is 4. The van der Waals surface area contributed by atoms with Gasteiger partial charge in [-0.1, -0.05) is 45.9 Å². The first-order chi connectivity index (χ1) is 41.8. The maximum Gasteiger partial charge on any atom is 0.221 e. The Bertz CT molecular complexity index is 3350. The number of hydrogen-bond acceptors (Lipinski definition) is 26. The first-order valence-electron chi connectivity index (χ1n) is 28.1. The average molecular weight is 1260 g/mol. The molecule has 2 saturated heterocycles. The molecular formula is C60H64N2O24S2. The highest BCUT2D eigenvalue weighted by molar-refractivity contribution is 8.76. The quantitative estimate of drug-likeness (QED) is 0.0310. The minimum absolute atomic E-state index is 0.0200. The third-order valence-electron chi connectivity index (χ3n) is 17.1. The van der Waals surface area contributed by atoms with E-state index in [1.165, 1.54) is 86.1 Å². The van der Waals surface area contributed by atoms with Gasteiger partial charge in [0.1, 0.15) is 71.1 Å². The van der Waals surface area contributed by atoms with Crippen molar-refractivity contribution in [2.45, 2.75) is 138 Å². The van der Waals surface area contributed by atoms with Crippen LogP contribution >= 0.6 is 21.6 Å². The third-order valence-corrected chi connectivity index (χ3v) is 19.5. The molecule has 4 aromatic rings. The second kappa shape index (κ2) is 25.1. The molecule has 0 saturated carbocycles. The molecule has 2 aliphatic heterocycles. The lowest BCUT2D eigenvalue weighted by atomic mass is 9.72. The van der Waals surface area contributed by atoms with E-state index >= 15 is 0 Å². The number of aromatic hydroxyl groups is 4. The molecule has 26 nitrogen and oxygen atoms in total. The zero-order valence-corrected chi connectivity index (χ0v) is 49.4. The number of ketones is 6. The number of fused-ring (bicyclic) bond motifs is 6. The molecule has 2 fully saturated rings. The lowest BCUT2D eigenvalue weighted by molar-refractivity contribution is -0.249. The molecule has 2 heterocycles. The number of ether oxygens (including phenoxy) is 6. The van der Waals surface area contributed by atoms with Crippen LogP contribution in [-0.4, -0.2) is 197 Å². The van der Waals surface area contributed by atoms with Crippen molar-refractivity contribution in [1.29, 1.82) is 0 Å². The summed E-state index contributed by atoms with van der Waals surface area (Å²) in [4.78, 5) is 109. The molecule has 4 aromatic carbocycles. The standard InChI is InChI=1S/C60H64N2O24S2/c1-23-49(69)29(15-39(83-23)85-33-19-59(79,35(65)21-63)17-27-43(33)57(77)47-45(53(27)73)51(71)25-7-5-9-31(81-3)41(25)55(47)75)61-37(67)11-13-87-88-14-12-38(68)62-30-16-40(84-24(2)50(30)70)86-34-20-60(80,36(66)22-64)18-28-44(34)58(78)48-46(54(28)74)52(72)26-8-6-10-32(82-4)42(26)56(48)76/h5-10,23-24,29-30,33-34,39-40,49-50,63-64,69-70,73-74,77-80H,11-22H2,1-4H3,(H,61,67)(H,62,68)/t23-,24-,29-,30-,33-,34?,39-,40-,49+,50+,59-,60-/m0/s1. The van der Waals surface area contributed by atoms with Gasteiger partial charge in [-0.15, -0.1) is 0 Å². The molecule has 12 atom stereocenters. The number of phenols is 4. The Hall–Kier alpha value is -7.06. The molecular weight excluding hydrogens is 1200 g/mol. The molecule has 12 N–H and O–H groups in total. The molecule has 4 aliphatic carbocycles. The van der Waals surface area contributed by atoms with Crippen molar-refractivity contribution >= 4 is 68.1 Å². The van der Waals surface area contributed by atoms with Gasteiger partial charge in [0.15, 0.2) is 35.7 Å². The van der Waals surface area contributed by atoms with Crippen LogP contribution in [0.5, 0.6) is 34.5 Å². The molecule has 6 aliphatic rings. The summed E-state index contributed by atoms with van der Waals surface area (Å²) in [6, 6.07) is 6.45. The molecule has 0 aromatic heterocycles. The van der Waals surface area contributed by atoms with E-state index in [9.17, 15) is 89.4 Å². The zero-order valence-electron chi connectivity index (χ0n) is 47.7. The van der Waals surface area contributed by atoms with Crippen LogP contribution in [0.4, 0.5) is 0 Å². The largest absolute Gasteiger partial charge is 0.507 e. The van der Waals surface area contributed by atoms with E-state index < -0.39 is 203 Å². The van der Waals surface area contributed by atoms with Gasteiger partial charge >= 0.3 is 0 Å². The Morgan fingerprint density at radius 3 is 1.28 bits per heavy atom. The summed E-state index contributed by atoms with van der Waals surface area (Å²) in [5.74, 6) is -9.24. The number of benzene rings is 4. The molecule has 88 heavy (non-hydrogen) atoms. The van der Waals surface area contributed by atoms with E-state index in [0.29, 0.717) is 0 Å². The lowest BCUT2D eigenvalue weighted by Gasteiger charge is -2.43. The van der Waals surface area contributed by atoms with Gasteiger partial charge in [0.05, 0.1) is 84.1 Å². The van der Waals surface area contributed by atoms with Gasteiger partial charge in [-0.2, -0.15) is 0 Å². The van der Waals surface area contributed by atoms with E-state index in [0.717, 1.165) is 0 Å². The third kappa shape index (κ3) is 11.3. The number of carbonyl (C=O) groups is 8. The van der Waals surface area contributed by atoms with Crippen LogP contribution in [0.2, 0.25) is 0 Å². The van der Waals surface area contributed by atoms with E-state index in [1.807, 2.05) is 0 Å². The maximum atomic E-state index is 14.1. The summed E-state index contributed by atoms with van der Waals surface area (Å²) in [6.07, 6.45) is -13.5. The normalized spacial score (nSPS) is 27.8. The van der Waals surface area contributed by atoms with Crippen molar-refractivity contribution in [2.75, 3.05) is 38.9 Å². The summed E-state index contributed by atoms with van der Waals surface area (Å²) < 4.78 is 35.1. The van der Waals surface area contributed by atoms with Crippen molar-refractivity contribution < 1.29 is 118 Å². The fourth-order valence-corrected chi connectivity index (χ4v) is 14.6. The van der Waals surface area contributed by atoms with E-state index in [4.69, 9.17) is 28.4 Å². The number of nitrogens with one attached hydrogen (secondary N) is 2. The summed E-state index contributed by atoms with van der Waals surface area (Å²) in [7, 11) is 5.08. The van der Waals surface area contributed by atoms with Crippen LogP contribution < -0.4 is 20.1 Å². The van der Waals surface area contributed by atoms with Gasteiger partial charge in [-0.25, -0.2) is 0 Å². The molecule has 1 unspecified atom stereocenters. The highest BCUT2D eigenvalue weighted by atomic mass is 33.1. The van der Waals surface area contributed by atoms with Crippen LogP contribution in [0.15, 0.2) is 36.4 Å². The zero-order chi connectivity index (χ0) is 63.6. The predicted molar refractivity (Wildman–Crippen MR) is 306 cm³/mol. The van der Waals surface area contributed by atoms with Gasteiger partial charge in [0.2, 0.25) is 23.4 Å². The topological polar surface area (TPSA) is 418 Å². The Kier molecular flexibility index (Phi) is 18.2. The van der Waals surface area contributed by atoms with E-state index in [1.54, 1.807) is 0 Å². The molecule has 28 heteroatoms. The second-order valence-corrected chi connectivity index (χ2v) is 25.2. The summed E-state index contributed by atoms with van der Waals surface area (Å²) >= 11 is 0. The van der Waals surface area contributed by atoms with Crippen molar-refractivity contribution in [1.82, 2.24) is 10.6 Å². The van der Waals surface area contributed by atoms with Crippen LogP contribution in [0.3, 0.4) is 0 Å². The van der Waals surface area contributed by atoms with Gasteiger partial charge in [-0.05, 0) is 26.0 Å². The van der Waals surface area contributed by atoms with Crippen LogP contribution in [0.1, 0.15) is 151 Å². The average Bonchev–Trinajstić information content (AvgIpc) is 0.730. The molecule has 0 spiro atoms. The molecule has 2 amide bonds. The number of carbonyl (C=O) groups excluding carboxylic acids is 8. The van der Waals surface area contributed by atoms with Crippen LogP contribution in [-0.2, 0) is 51.0 Å². The Labute approximate surface area is 508 Å². The van der Waals surface area contributed by atoms with E-state index in [-0.39, 0.29) is 93.2 Å². The Morgan fingerprint density at radius 1 is 0.568 bits per heavy atom. The minimum Gasteiger partial charge on any atom is -0.507 e. The maximum absolute atomic E-state index is 14.1. The number of Topliss-reactive ketones (excluding diaryl/α,β-unsaturated/α-hetero) is 2. The number of rotatable bonds is 19. The molecule has 0 bridgehead atoms. The number of hydrogen-bond donors (Lipinski definition) is 12. The summed E-state index contributed by atoms with van der Waals surface area (Å²) in [5.41, 5.74) is -8.81. The van der Waals surface area contributed by atoms with Gasteiger partial charge in [0, 0.05) is 96.3 Å². The Balaban J connectivity index is 0.745. The van der Waals surface area contributed by atoms with Crippen molar-refractivity contribution in [3.8, 4) is 34.5 Å². The SMILES string of the molecule is COc1cccc2c1C(=O)c1c(O)c3c(c(O)c1C2=O)C[C@@](O)(C(=O)CO)CC3O[C@H]1C[C@H](NC(=O)CCSSCCC(=O)N[C@H]2C[C@H](O[C@H]3C[C@](O)(C(=O)CO)Cc4c(O)c5c(c(O)c43)C(=O)c3c(OC)cccc3C5=O)O[C@@H](C)[C@H]2O)[C@H](O)[C@H](C)O1. The summed E-state index contributed by atoms with van der Waals surface area (Å²) in [5, 5.41) is 118. The second-order valence-electron chi connectivity index (χ2n) is 22.5. The Morgan fingerprint density at radius 2 is 0.932 bits per heavy atom. The number of aliphatic hydroxyl groups excluding tert-OH is 4. The minimum atomic E-state index is -2.41. The fraction of sp³-hybridized carbons (Fsp3) is 0.467. The molecule has 10 rings (SSSR count). The van der Waals surface area contributed by atoms with Crippen molar-refractivity contribution in [2.24, 2.45) is 0 Å². The number of aliphatic hydroxyl groups is 6. The fourth-order valence-electron chi connectivity index (χ4n) is 12.7. The number of methoxy groups -OCH3 is 2. The van der Waals surface area contributed by atoms with Crippen molar-refractivity contribution in [3.63, 3.8) is 0 Å². The predicted octanol–water partition coefficient (Wildman–Crippen LogP) is 1.49. The highest BCUT2D eigenvalue weighted by Crippen LogP contribution is 2.55. The van der Waals surface area contributed by atoms with Gasteiger partial charge in [-0.3, -0.25) is 38.4 Å². The first kappa shape index (κ1) is 63.9. The summed E-state index contributed by atoms with van der Waals surface area (Å²) in [6.45, 7) is 0.725. The number of amides is 2. The van der Waals surface area contributed by atoms with Crippen molar-refractivity contribution in [3.05, 3.63) is 103 Å². The van der Waals surface area contributed by atoms with Crippen LogP contribution in [0.25, 0.3) is 0 Å². The first-order valence-corrected chi connectivity index (χ1v) is 30.6. The smallest absolute Gasteiger partial charge is 0.221 e. The lowest BCUT2D eigenvalue weighted by Crippen LogP contribution is -2.56. The molecule has 470 valence electrons. The molecule has 0 radical (unpaired) electrons. The van der Waals surface area contributed by atoms with Gasteiger partial charge < -0.3 is 90.1 Å². The van der Waals surface area contributed by atoms with Crippen LogP contribution in [0, 0.1) is 0 Å². The van der Waals surface area contributed by atoms with Gasteiger partial charge in [0.25, 0.3) is 0 Å².